The minimum Gasteiger partial charge on any atom is -0.350 e. The molecular formula is C32H46Cl2N4O. The molecule has 1 atom stereocenters. The van der Waals surface area contributed by atoms with E-state index in [1.54, 1.807) is 5.56 Å². The number of carbonyl (C=O) groups is 1. The van der Waals surface area contributed by atoms with Crippen LogP contribution in [0.15, 0.2) is 42.5 Å². The third-order valence-corrected chi connectivity index (χ3v) is 8.88. The van der Waals surface area contributed by atoms with Crippen molar-refractivity contribution in [3.63, 3.8) is 0 Å². The monoisotopic (exact) mass is 572 g/mol. The van der Waals surface area contributed by atoms with Gasteiger partial charge in [0, 0.05) is 55.2 Å². The number of aromatic amines is 1. The molecular weight excluding hydrogens is 527 g/mol. The first-order valence-corrected chi connectivity index (χ1v) is 14.4. The summed E-state index contributed by atoms with van der Waals surface area (Å²) in [5.41, 5.74) is 7.44. The fourth-order valence-electron chi connectivity index (χ4n) is 6.75. The van der Waals surface area contributed by atoms with Crippen LogP contribution in [0.25, 0.3) is 10.9 Å². The summed E-state index contributed by atoms with van der Waals surface area (Å²) in [6.07, 6.45) is 4.78. The molecule has 0 spiro atoms. The van der Waals surface area contributed by atoms with Gasteiger partial charge in [0.25, 0.3) is 5.91 Å². The number of carbonyl (C=O) groups excluding carboxylic acids is 1. The van der Waals surface area contributed by atoms with Gasteiger partial charge in [-0.2, -0.15) is 0 Å². The first-order chi connectivity index (χ1) is 18.0. The Kier molecular flexibility index (Phi) is 11.3. The molecule has 1 aromatic heterocycles. The van der Waals surface area contributed by atoms with Gasteiger partial charge in [0.15, 0.2) is 0 Å². The van der Waals surface area contributed by atoms with Crippen molar-refractivity contribution >= 4 is 41.6 Å². The van der Waals surface area contributed by atoms with Crippen LogP contribution in [0.5, 0.6) is 0 Å². The van der Waals surface area contributed by atoms with Gasteiger partial charge in [-0.25, -0.2) is 0 Å². The summed E-state index contributed by atoms with van der Waals surface area (Å²) in [5.74, 6) is 0.798. The van der Waals surface area contributed by atoms with E-state index >= 15 is 0 Å². The Balaban J connectivity index is 0.00000210. The van der Waals surface area contributed by atoms with E-state index in [2.05, 4.69) is 89.8 Å². The Labute approximate surface area is 247 Å². The second-order valence-electron chi connectivity index (χ2n) is 11.3. The number of aryl methyl sites for hydroxylation is 2. The fourth-order valence-corrected chi connectivity index (χ4v) is 6.75. The van der Waals surface area contributed by atoms with Crippen molar-refractivity contribution in [2.24, 2.45) is 0 Å². The number of hydrogen-bond acceptors (Lipinski definition) is 3. The Morgan fingerprint density at radius 2 is 1.56 bits per heavy atom. The number of fused-ring (bicyclic) bond motifs is 1. The van der Waals surface area contributed by atoms with Gasteiger partial charge in [0.2, 0.25) is 0 Å². The molecule has 2 saturated heterocycles. The fraction of sp³-hybridized carbons (Fsp3) is 0.531. The van der Waals surface area contributed by atoms with E-state index in [4.69, 9.17) is 0 Å². The molecule has 1 amide bonds. The smallest absolute Gasteiger partial charge is 0.270 e. The summed E-state index contributed by atoms with van der Waals surface area (Å²) < 4.78 is 0. The number of H-pyrrole nitrogens is 1. The van der Waals surface area contributed by atoms with Crippen molar-refractivity contribution < 1.29 is 4.79 Å². The highest BCUT2D eigenvalue weighted by molar-refractivity contribution is 6.01. The van der Waals surface area contributed by atoms with Crippen molar-refractivity contribution in [2.45, 2.75) is 71.9 Å². The summed E-state index contributed by atoms with van der Waals surface area (Å²) in [7, 11) is 0. The van der Waals surface area contributed by atoms with Gasteiger partial charge < -0.3 is 9.88 Å². The van der Waals surface area contributed by atoms with E-state index < -0.39 is 0 Å². The molecule has 0 saturated carbocycles. The average Bonchev–Trinajstić information content (AvgIpc) is 3.27. The molecule has 5 nitrogen and oxygen atoms in total. The number of benzene rings is 2. The van der Waals surface area contributed by atoms with Crippen LogP contribution >= 0.6 is 24.8 Å². The SMILES string of the molecule is CCCC(C)N1CCN(C(=O)c2[nH]c3ccccc3c2CN2CCC(c3c(C)cccc3C)CC2)CC1.Cl.Cl. The number of nitrogens with zero attached hydrogens (tertiary/aromatic N) is 3. The maximum absolute atomic E-state index is 13.8. The molecule has 7 heteroatoms. The molecule has 1 unspecified atom stereocenters. The lowest BCUT2D eigenvalue weighted by molar-refractivity contribution is 0.0568. The largest absolute Gasteiger partial charge is 0.350 e. The summed E-state index contributed by atoms with van der Waals surface area (Å²) in [6, 6.07) is 15.7. The second kappa shape index (κ2) is 14.0. The number of aromatic nitrogens is 1. The highest BCUT2D eigenvalue weighted by Gasteiger charge is 2.29. The molecule has 0 aliphatic carbocycles. The van der Waals surface area contributed by atoms with Gasteiger partial charge in [-0.05, 0) is 81.8 Å². The Morgan fingerprint density at radius 1 is 0.923 bits per heavy atom. The van der Waals surface area contributed by atoms with E-state index in [0.29, 0.717) is 12.0 Å². The number of likely N-dealkylation sites (tertiary alicyclic amines) is 1. The number of nitrogens with one attached hydrogen (secondary N) is 1. The van der Waals surface area contributed by atoms with Crippen LogP contribution in [0.3, 0.4) is 0 Å². The van der Waals surface area contributed by atoms with Crippen LogP contribution in [0.4, 0.5) is 0 Å². The summed E-state index contributed by atoms with van der Waals surface area (Å²) >= 11 is 0. The third-order valence-electron chi connectivity index (χ3n) is 8.88. The molecule has 214 valence electrons. The number of piperidine rings is 1. The van der Waals surface area contributed by atoms with Crippen molar-refractivity contribution in [1.82, 2.24) is 19.7 Å². The molecule has 2 aliphatic heterocycles. The lowest BCUT2D eigenvalue weighted by Crippen LogP contribution is -2.51. The predicted octanol–water partition coefficient (Wildman–Crippen LogP) is 6.95. The Bertz CT molecular complexity index is 1210. The van der Waals surface area contributed by atoms with Crippen LogP contribution in [0, 0.1) is 13.8 Å². The zero-order chi connectivity index (χ0) is 25.9. The zero-order valence-corrected chi connectivity index (χ0v) is 25.7. The van der Waals surface area contributed by atoms with Gasteiger partial charge in [0.1, 0.15) is 5.69 Å². The minimum atomic E-state index is 0. The predicted molar refractivity (Wildman–Crippen MR) is 168 cm³/mol. The van der Waals surface area contributed by atoms with Crippen molar-refractivity contribution in [2.75, 3.05) is 39.3 Å². The number of para-hydroxylation sites is 1. The summed E-state index contributed by atoms with van der Waals surface area (Å²) in [4.78, 5) is 24.5. The van der Waals surface area contributed by atoms with Crippen LogP contribution in [0.2, 0.25) is 0 Å². The van der Waals surface area contributed by atoms with Gasteiger partial charge in [-0.15, -0.1) is 24.8 Å². The number of piperazine rings is 1. The van der Waals surface area contributed by atoms with Crippen LogP contribution in [-0.2, 0) is 6.54 Å². The van der Waals surface area contributed by atoms with Crippen LogP contribution < -0.4 is 0 Å². The van der Waals surface area contributed by atoms with Crippen LogP contribution in [0.1, 0.15) is 78.2 Å². The van der Waals surface area contributed by atoms with Crippen molar-refractivity contribution in [3.05, 3.63) is 70.4 Å². The normalized spacial score (nSPS) is 18.0. The first kappa shape index (κ1) is 31.5. The maximum Gasteiger partial charge on any atom is 0.270 e. The number of hydrogen-bond donors (Lipinski definition) is 1. The van der Waals surface area contributed by atoms with Crippen molar-refractivity contribution in [1.29, 1.82) is 0 Å². The lowest BCUT2D eigenvalue weighted by atomic mass is 9.84. The molecule has 3 aromatic rings. The zero-order valence-electron chi connectivity index (χ0n) is 24.0. The van der Waals surface area contributed by atoms with E-state index in [0.717, 1.165) is 57.0 Å². The lowest BCUT2D eigenvalue weighted by Gasteiger charge is -2.38. The van der Waals surface area contributed by atoms with E-state index in [9.17, 15) is 4.79 Å². The third kappa shape index (κ3) is 6.82. The number of halogens is 2. The standard InChI is InChI=1S/C32H44N4O.2ClH/c1-5-9-25(4)35-18-20-36(21-19-35)32(37)31-28(27-12-6-7-13-29(27)33-31)22-34-16-14-26(15-17-34)30-23(2)10-8-11-24(30)3;;/h6-8,10-13,25-26,33H,5,9,14-22H2,1-4H3;2*1H. The quantitative estimate of drug-likeness (QED) is 0.333. The van der Waals surface area contributed by atoms with Crippen molar-refractivity contribution in [3.8, 4) is 0 Å². The van der Waals surface area contributed by atoms with Gasteiger partial charge in [0.05, 0.1) is 0 Å². The van der Waals surface area contributed by atoms with E-state index in [1.807, 2.05) is 0 Å². The molecule has 39 heavy (non-hydrogen) atoms. The molecule has 2 fully saturated rings. The van der Waals surface area contributed by atoms with Gasteiger partial charge in [-0.3, -0.25) is 14.6 Å². The molecule has 2 aliphatic rings. The molecule has 3 heterocycles. The summed E-state index contributed by atoms with van der Waals surface area (Å²) in [6.45, 7) is 15.6. The molecule has 5 rings (SSSR count). The second-order valence-corrected chi connectivity index (χ2v) is 11.3. The molecule has 0 bridgehead atoms. The molecule has 2 aromatic carbocycles. The van der Waals surface area contributed by atoms with E-state index in [-0.39, 0.29) is 30.7 Å². The molecule has 0 radical (unpaired) electrons. The Hall–Kier alpha value is -2.05. The highest BCUT2D eigenvalue weighted by atomic mass is 35.5. The number of amides is 1. The minimum absolute atomic E-state index is 0. The summed E-state index contributed by atoms with van der Waals surface area (Å²) in [5, 5.41) is 1.19. The Morgan fingerprint density at radius 3 is 2.21 bits per heavy atom. The highest BCUT2D eigenvalue weighted by Crippen LogP contribution is 2.34. The average molecular weight is 574 g/mol. The van der Waals surface area contributed by atoms with Gasteiger partial charge in [-0.1, -0.05) is 49.7 Å². The van der Waals surface area contributed by atoms with E-state index in [1.165, 1.54) is 47.8 Å². The topological polar surface area (TPSA) is 42.6 Å². The number of rotatable bonds is 7. The van der Waals surface area contributed by atoms with Crippen LogP contribution in [-0.4, -0.2) is 70.9 Å². The first-order valence-electron chi connectivity index (χ1n) is 14.4. The molecule has 1 N–H and O–H groups in total. The maximum atomic E-state index is 13.8. The van der Waals surface area contributed by atoms with Gasteiger partial charge >= 0.3 is 0 Å².